The van der Waals surface area contributed by atoms with Crippen LogP contribution >= 0.6 is 0 Å². The molecule has 1 atom stereocenters. The maximum Gasteiger partial charge on any atom is 0.318 e. The summed E-state index contributed by atoms with van der Waals surface area (Å²) in [5, 5.41) is 11.6. The molecular formula is C19H25N5O. The Morgan fingerprint density at radius 2 is 2.00 bits per heavy atom. The summed E-state index contributed by atoms with van der Waals surface area (Å²) in [4.78, 5) is 14.7. The Morgan fingerprint density at radius 1 is 1.12 bits per heavy atom. The minimum atomic E-state index is 0.0200. The molecule has 0 saturated carbocycles. The van der Waals surface area contributed by atoms with Gasteiger partial charge in [-0.05, 0) is 37.7 Å². The van der Waals surface area contributed by atoms with Gasteiger partial charge in [-0.3, -0.25) is 0 Å². The number of aromatic nitrogens is 3. The van der Waals surface area contributed by atoms with Crippen LogP contribution in [0, 0.1) is 0 Å². The van der Waals surface area contributed by atoms with Crippen LogP contribution in [-0.4, -0.2) is 38.3 Å². The Labute approximate surface area is 148 Å². The van der Waals surface area contributed by atoms with Crippen molar-refractivity contribution >= 4 is 6.03 Å². The summed E-state index contributed by atoms with van der Waals surface area (Å²) in [5.74, 6) is 1.93. The molecule has 2 aromatic rings. The highest BCUT2D eigenvalue weighted by Crippen LogP contribution is 2.21. The number of rotatable bonds is 4. The summed E-state index contributed by atoms with van der Waals surface area (Å²) < 4.78 is 2.16. The molecule has 1 N–H and O–H groups in total. The zero-order valence-corrected chi connectivity index (χ0v) is 14.5. The third-order valence-corrected chi connectivity index (χ3v) is 5.29. The van der Waals surface area contributed by atoms with Crippen molar-refractivity contribution in [2.45, 2.75) is 57.7 Å². The van der Waals surface area contributed by atoms with Crippen LogP contribution in [0.1, 0.15) is 42.9 Å². The van der Waals surface area contributed by atoms with E-state index < -0.39 is 0 Å². The summed E-state index contributed by atoms with van der Waals surface area (Å²) >= 11 is 0. The Morgan fingerprint density at radius 3 is 2.88 bits per heavy atom. The van der Waals surface area contributed by atoms with Gasteiger partial charge >= 0.3 is 6.03 Å². The van der Waals surface area contributed by atoms with E-state index in [1.54, 1.807) is 0 Å². The Bertz CT molecular complexity index is 727. The lowest BCUT2D eigenvalue weighted by atomic mass is 10.0. The molecule has 1 saturated heterocycles. The van der Waals surface area contributed by atoms with E-state index in [0.29, 0.717) is 6.54 Å². The number of fused-ring (bicyclic) bond motifs is 1. The highest BCUT2D eigenvalue weighted by Gasteiger charge is 2.29. The zero-order chi connectivity index (χ0) is 17.1. The topological polar surface area (TPSA) is 63.1 Å². The fourth-order valence-electron chi connectivity index (χ4n) is 3.96. The number of carbonyl (C=O) groups is 1. The third-order valence-electron chi connectivity index (χ3n) is 5.29. The lowest BCUT2D eigenvalue weighted by Crippen LogP contribution is -2.43. The van der Waals surface area contributed by atoms with E-state index in [-0.39, 0.29) is 12.1 Å². The summed E-state index contributed by atoms with van der Waals surface area (Å²) in [7, 11) is 0. The van der Waals surface area contributed by atoms with Gasteiger partial charge in [0.2, 0.25) is 0 Å². The van der Waals surface area contributed by atoms with Crippen LogP contribution in [0.15, 0.2) is 30.3 Å². The number of urea groups is 1. The largest absolute Gasteiger partial charge is 0.331 e. The number of likely N-dealkylation sites (tertiary alicyclic amines) is 1. The van der Waals surface area contributed by atoms with Gasteiger partial charge in [0.05, 0.1) is 6.54 Å². The number of hydrogen-bond donors (Lipinski definition) is 1. The molecule has 0 spiro atoms. The van der Waals surface area contributed by atoms with Gasteiger partial charge in [0.15, 0.2) is 5.82 Å². The predicted octanol–water partition coefficient (Wildman–Crippen LogP) is 2.53. The zero-order valence-electron chi connectivity index (χ0n) is 14.5. The Hall–Kier alpha value is -2.37. The molecule has 0 unspecified atom stereocenters. The first kappa shape index (κ1) is 16.1. The number of nitrogens with zero attached hydrogens (tertiary/aromatic N) is 4. The molecule has 4 rings (SSSR count). The molecule has 2 aliphatic heterocycles. The summed E-state index contributed by atoms with van der Waals surface area (Å²) in [6.45, 7) is 2.26. The maximum atomic E-state index is 12.7. The Kier molecular flexibility index (Phi) is 4.68. The fourth-order valence-corrected chi connectivity index (χ4v) is 3.96. The molecule has 2 aliphatic rings. The first-order valence-corrected chi connectivity index (χ1v) is 9.30. The van der Waals surface area contributed by atoms with Gasteiger partial charge in [-0.15, -0.1) is 10.2 Å². The molecule has 6 heteroatoms. The van der Waals surface area contributed by atoms with E-state index in [1.165, 1.54) is 12.0 Å². The molecule has 132 valence electrons. The molecule has 0 radical (unpaired) electrons. The maximum absolute atomic E-state index is 12.7. The number of benzene rings is 1. The molecule has 1 aromatic heterocycles. The van der Waals surface area contributed by atoms with Crippen molar-refractivity contribution in [3.8, 4) is 0 Å². The van der Waals surface area contributed by atoms with Crippen molar-refractivity contribution in [3.05, 3.63) is 47.5 Å². The Balaban J connectivity index is 1.36. The van der Waals surface area contributed by atoms with Crippen molar-refractivity contribution in [2.75, 3.05) is 6.54 Å². The molecule has 3 heterocycles. The molecule has 2 amide bonds. The molecular weight excluding hydrogens is 314 g/mol. The highest BCUT2D eigenvalue weighted by atomic mass is 16.2. The van der Waals surface area contributed by atoms with Crippen LogP contribution in [0.25, 0.3) is 0 Å². The quantitative estimate of drug-likeness (QED) is 0.931. The van der Waals surface area contributed by atoms with Crippen LogP contribution < -0.4 is 5.32 Å². The van der Waals surface area contributed by atoms with Crippen LogP contribution in [0.5, 0.6) is 0 Å². The van der Waals surface area contributed by atoms with Crippen molar-refractivity contribution in [2.24, 2.45) is 0 Å². The van der Waals surface area contributed by atoms with Gasteiger partial charge in [-0.1, -0.05) is 30.3 Å². The van der Waals surface area contributed by atoms with Gasteiger partial charge in [0.1, 0.15) is 5.82 Å². The van der Waals surface area contributed by atoms with Gasteiger partial charge in [-0.2, -0.15) is 0 Å². The number of amides is 2. The van der Waals surface area contributed by atoms with E-state index in [0.717, 1.165) is 56.8 Å². The summed E-state index contributed by atoms with van der Waals surface area (Å²) in [6.07, 6.45) is 6.41. The lowest BCUT2D eigenvalue weighted by molar-refractivity contribution is 0.191. The number of hydrogen-bond acceptors (Lipinski definition) is 3. The highest BCUT2D eigenvalue weighted by molar-refractivity contribution is 5.74. The molecule has 1 fully saturated rings. The van der Waals surface area contributed by atoms with Crippen molar-refractivity contribution in [1.29, 1.82) is 0 Å². The van der Waals surface area contributed by atoms with Gasteiger partial charge in [0.25, 0.3) is 0 Å². The van der Waals surface area contributed by atoms with E-state index in [1.807, 2.05) is 11.0 Å². The normalized spacial score (nSPS) is 19.7. The van der Waals surface area contributed by atoms with Gasteiger partial charge in [-0.25, -0.2) is 4.79 Å². The predicted molar refractivity (Wildman–Crippen MR) is 95.1 cm³/mol. The first-order valence-electron chi connectivity index (χ1n) is 9.30. The van der Waals surface area contributed by atoms with Crippen LogP contribution in [0.2, 0.25) is 0 Å². The van der Waals surface area contributed by atoms with Gasteiger partial charge in [0, 0.05) is 25.6 Å². The average molecular weight is 339 g/mol. The van der Waals surface area contributed by atoms with E-state index in [4.69, 9.17) is 0 Å². The number of carbonyl (C=O) groups excluding carboxylic acids is 1. The monoisotopic (exact) mass is 339 g/mol. The van der Waals surface area contributed by atoms with Crippen molar-refractivity contribution in [3.63, 3.8) is 0 Å². The van der Waals surface area contributed by atoms with Crippen molar-refractivity contribution < 1.29 is 4.79 Å². The fraction of sp³-hybridized carbons (Fsp3) is 0.526. The first-order chi connectivity index (χ1) is 12.3. The average Bonchev–Trinajstić information content (AvgIpc) is 3.27. The second kappa shape index (κ2) is 7.25. The molecule has 25 heavy (non-hydrogen) atoms. The smallest absolute Gasteiger partial charge is 0.318 e. The number of nitrogens with one attached hydrogen (secondary N) is 1. The minimum Gasteiger partial charge on any atom is -0.331 e. The van der Waals surface area contributed by atoms with Crippen LogP contribution in [0.3, 0.4) is 0 Å². The third kappa shape index (κ3) is 3.52. The second-order valence-electron chi connectivity index (χ2n) is 6.98. The second-order valence-corrected chi connectivity index (χ2v) is 6.98. The van der Waals surface area contributed by atoms with Crippen molar-refractivity contribution in [1.82, 2.24) is 25.0 Å². The number of aryl methyl sites for hydroxylation is 1. The SMILES string of the molecule is O=C(NCc1nnc2n1CCCC2)N1CCC[C@H]1Cc1ccccc1. The molecule has 1 aromatic carbocycles. The minimum absolute atomic E-state index is 0.0200. The summed E-state index contributed by atoms with van der Waals surface area (Å²) in [6, 6.07) is 10.7. The summed E-state index contributed by atoms with van der Waals surface area (Å²) in [5.41, 5.74) is 1.29. The van der Waals surface area contributed by atoms with E-state index in [2.05, 4.69) is 44.3 Å². The van der Waals surface area contributed by atoms with Crippen LogP contribution in [0.4, 0.5) is 4.79 Å². The van der Waals surface area contributed by atoms with Gasteiger partial charge < -0.3 is 14.8 Å². The standard InChI is InChI=1S/C19H25N5O/c25-19(20-14-18-22-21-17-10-4-5-11-24(17)18)23-12-6-9-16(23)13-15-7-2-1-3-8-15/h1-3,7-8,16H,4-6,9-14H2,(H,20,25)/t16-/m0/s1. The lowest BCUT2D eigenvalue weighted by Gasteiger charge is -2.25. The van der Waals surface area contributed by atoms with E-state index >= 15 is 0 Å². The van der Waals surface area contributed by atoms with E-state index in [9.17, 15) is 4.79 Å². The molecule has 0 bridgehead atoms. The molecule has 0 aliphatic carbocycles. The molecule has 6 nitrogen and oxygen atoms in total. The van der Waals surface area contributed by atoms with Crippen LogP contribution in [-0.2, 0) is 25.9 Å².